The SMILES string of the molecule is O=C1C[C@@H](C(=O)O)C=C2C=COC=C12. The second-order valence-electron chi connectivity index (χ2n) is 3.16. The third kappa shape index (κ3) is 1.35. The van der Waals surface area contributed by atoms with Gasteiger partial charge in [-0.1, -0.05) is 6.08 Å². The Balaban J connectivity index is 2.38. The van der Waals surface area contributed by atoms with Gasteiger partial charge in [0.05, 0.1) is 17.8 Å². The molecule has 1 atom stereocenters. The molecule has 1 heterocycles. The minimum absolute atomic E-state index is 0.0157. The number of aliphatic carboxylic acids is 1. The number of ether oxygens (including phenoxy) is 1. The Morgan fingerprint density at radius 2 is 2.36 bits per heavy atom. The number of allylic oxidation sites excluding steroid dienone is 3. The van der Waals surface area contributed by atoms with E-state index in [-0.39, 0.29) is 12.2 Å². The highest BCUT2D eigenvalue weighted by Crippen LogP contribution is 2.28. The molecule has 0 saturated carbocycles. The summed E-state index contributed by atoms with van der Waals surface area (Å²) in [5.41, 5.74) is 1.10. The lowest BCUT2D eigenvalue weighted by atomic mass is 9.86. The number of ketones is 1. The number of carbonyl (C=O) groups is 2. The van der Waals surface area contributed by atoms with Crippen molar-refractivity contribution in [2.75, 3.05) is 0 Å². The Kier molecular flexibility index (Phi) is 1.96. The maximum atomic E-state index is 11.5. The van der Waals surface area contributed by atoms with Crippen LogP contribution in [0.4, 0.5) is 0 Å². The maximum absolute atomic E-state index is 11.5. The average Bonchev–Trinajstić information content (AvgIpc) is 2.17. The van der Waals surface area contributed by atoms with Crippen LogP contribution in [0, 0.1) is 5.92 Å². The zero-order chi connectivity index (χ0) is 10.1. The first-order chi connectivity index (χ1) is 6.68. The van der Waals surface area contributed by atoms with Gasteiger partial charge in [-0.3, -0.25) is 9.59 Å². The van der Waals surface area contributed by atoms with Gasteiger partial charge in [-0.05, 0) is 11.6 Å². The highest BCUT2D eigenvalue weighted by molar-refractivity contribution is 6.04. The van der Waals surface area contributed by atoms with E-state index in [1.807, 2.05) is 0 Å². The highest BCUT2D eigenvalue weighted by atomic mass is 16.5. The molecule has 2 rings (SSSR count). The largest absolute Gasteiger partial charge is 0.481 e. The van der Waals surface area contributed by atoms with Crippen molar-refractivity contribution < 1.29 is 19.4 Å². The van der Waals surface area contributed by atoms with Crippen molar-refractivity contribution in [2.24, 2.45) is 5.92 Å². The van der Waals surface area contributed by atoms with Crippen LogP contribution in [0.15, 0.2) is 35.8 Å². The van der Waals surface area contributed by atoms with Gasteiger partial charge in [-0.25, -0.2) is 0 Å². The van der Waals surface area contributed by atoms with Crippen LogP contribution in [0.5, 0.6) is 0 Å². The first-order valence-corrected chi connectivity index (χ1v) is 4.19. The van der Waals surface area contributed by atoms with Crippen LogP contribution in [-0.4, -0.2) is 16.9 Å². The molecule has 0 unspecified atom stereocenters. The lowest BCUT2D eigenvalue weighted by Gasteiger charge is -2.19. The number of carbonyl (C=O) groups excluding carboxylic acids is 1. The van der Waals surface area contributed by atoms with Crippen LogP contribution in [0.25, 0.3) is 0 Å². The molecule has 0 spiro atoms. The molecule has 72 valence electrons. The third-order valence-corrected chi connectivity index (χ3v) is 2.23. The summed E-state index contributed by atoms with van der Waals surface area (Å²) >= 11 is 0. The fourth-order valence-corrected chi connectivity index (χ4v) is 1.49. The summed E-state index contributed by atoms with van der Waals surface area (Å²) < 4.78 is 4.85. The van der Waals surface area contributed by atoms with E-state index in [0.29, 0.717) is 11.1 Å². The van der Waals surface area contributed by atoms with E-state index in [4.69, 9.17) is 9.84 Å². The van der Waals surface area contributed by atoms with E-state index in [0.717, 1.165) is 0 Å². The number of hydrogen-bond acceptors (Lipinski definition) is 3. The maximum Gasteiger partial charge on any atom is 0.310 e. The second-order valence-corrected chi connectivity index (χ2v) is 3.16. The molecule has 0 bridgehead atoms. The molecule has 1 aliphatic heterocycles. The summed E-state index contributed by atoms with van der Waals surface area (Å²) in [4.78, 5) is 22.2. The summed E-state index contributed by atoms with van der Waals surface area (Å²) in [6, 6.07) is 0. The van der Waals surface area contributed by atoms with Gasteiger partial charge in [0.2, 0.25) is 0 Å². The molecule has 0 aromatic rings. The van der Waals surface area contributed by atoms with Crippen molar-refractivity contribution in [3.05, 3.63) is 35.8 Å². The quantitative estimate of drug-likeness (QED) is 0.673. The predicted molar refractivity (Wildman–Crippen MR) is 47.1 cm³/mol. The molecular weight excluding hydrogens is 184 g/mol. The molecule has 1 N–H and O–H groups in total. The topological polar surface area (TPSA) is 63.6 Å². The van der Waals surface area contributed by atoms with Gasteiger partial charge in [-0.2, -0.15) is 0 Å². The van der Waals surface area contributed by atoms with E-state index in [9.17, 15) is 9.59 Å². The van der Waals surface area contributed by atoms with Crippen molar-refractivity contribution in [1.29, 1.82) is 0 Å². The molecule has 0 fully saturated rings. The van der Waals surface area contributed by atoms with Crippen LogP contribution in [0.3, 0.4) is 0 Å². The summed E-state index contributed by atoms with van der Waals surface area (Å²) in [5.74, 6) is -1.86. The van der Waals surface area contributed by atoms with Crippen LogP contribution < -0.4 is 0 Å². The summed E-state index contributed by atoms with van der Waals surface area (Å²) in [5, 5.41) is 8.77. The molecule has 4 heteroatoms. The minimum Gasteiger partial charge on any atom is -0.481 e. The van der Waals surface area contributed by atoms with Crippen molar-refractivity contribution in [3.63, 3.8) is 0 Å². The summed E-state index contributed by atoms with van der Waals surface area (Å²) in [7, 11) is 0. The number of carboxylic acids is 1. The Bertz CT molecular complexity index is 387. The minimum atomic E-state index is -0.968. The van der Waals surface area contributed by atoms with Crippen LogP contribution >= 0.6 is 0 Å². The molecule has 1 aliphatic carbocycles. The van der Waals surface area contributed by atoms with Crippen LogP contribution in [0.2, 0.25) is 0 Å². The van der Waals surface area contributed by atoms with Gasteiger partial charge in [0.25, 0.3) is 0 Å². The first kappa shape index (κ1) is 8.74. The van der Waals surface area contributed by atoms with Gasteiger partial charge >= 0.3 is 5.97 Å². The van der Waals surface area contributed by atoms with E-state index >= 15 is 0 Å². The molecule has 0 amide bonds. The van der Waals surface area contributed by atoms with Gasteiger partial charge in [0.15, 0.2) is 5.78 Å². The molecule has 0 aromatic heterocycles. The zero-order valence-electron chi connectivity index (χ0n) is 7.27. The van der Waals surface area contributed by atoms with E-state index in [2.05, 4.69) is 0 Å². The van der Waals surface area contributed by atoms with Crippen molar-refractivity contribution >= 4 is 11.8 Å². The van der Waals surface area contributed by atoms with E-state index < -0.39 is 11.9 Å². The zero-order valence-corrected chi connectivity index (χ0v) is 7.27. The molecule has 0 radical (unpaired) electrons. The second kappa shape index (κ2) is 3.14. The van der Waals surface area contributed by atoms with Crippen molar-refractivity contribution in [1.82, 2.24) is 0 Å². The number of Topliss-reactive ketones (excluding diaryl/α,β-unsaturated/α-hetero) is 1. The van der Waals surface area contributed by atoms with E-state index in [1.54, 1.807) is 12.2 Å². The van der Waals surface area contributed by atoms with E-state index in [1.165, 1.54) is 12.5 Å². The molecule has 0 aromatic carbocycles. The van der Waals surface area contributed by atoms with Gasteiger partial charge < -0.3 is 9.84 Å². The van der Waals surface area contributed by atoms with Gasteiger partial charge in [0.1, 0.15) is 6.26 Å². The molecule has 14 heavy (non-hydrogen) atoms. The fraction of sp³-hybridized carbons (Fsp3) is 0.200. The lowest BCUT2D eigenvalue weighted by Crippen LogP contribution is -2.23. The number of fused-ring (bicyclic) bond motifs is 1. The summed E-state index contributed by atoms with van der Waals surface area (Å²) in [6.45, 7) is 0. The molecular formula is C10H8O4. The first-order valence-electron chi connectivity index (χ1n) is 4.19. The Hall–Kier alpha value is -1.84. The normalized spacial score (nSPS) is 24.6. The Morgan fingerprint density at radius 3 is 3.07 bits per heavy atom. The van der Waals surface area contributed by atoms with Gasteiger partial charge in [-0.15, -0.1) is 0 Å². The Morgan fingerprint density at radius 1 is 1.57 bits per heavy atom. The van der Waals surface area contributed by atoms with Crippen LogP contribution in [0.1, 0.15) is 6.42 Å². The molecule has 0 saturated heterocycles. The predicted octanol–water partition coefficient (Wildman–Crippen LogP) is 1.01. The monoisotopic (exact) mass is 192 g/mol. The van der Waals surface area contributed by atoms with Crippen molar-refractivity contribution in [2.45, 2.75) is 6.42 Å². The standard InChI is InChI=1S/C10H8O4/c11-9-4-7(10(12)13)3-6-1-2-14-5-8(6)9/h1-3,5,7H,4H2,(H,12,13)/t7-/m0/s1. The fourth-order valence-electron chi connectivity index (χ4n) is 1.49. The van der Waals surface area contributed by atoms with Crippen LogP contribution in [-0.2, 0) is 14.3 Å². The Labute approximate surface area is 80.2 Å². The lowest BCUT2D eigenvalue weighted by molar-refractivity contribution is -0.141. The summed E-state index contributed by atoms with van der Waals surface area (Å²) in [6.07, 6.45) is 5.97. The number of carboxylic acid groups (broad SMARTS) is 1. The average molecular weight is 192 g/mol. The molecule has 2 aliphatic rings. The highest BCUT2D eigenvalue weighted by Gasteiger charge is 2.29. The van der Waals surface area contributed by atoms with Gasteiger partial charge in [0, 0.05) is 6.42 Å². The third-order valence-electron chi connectivity index (χ3n) is 2.23. The van der Waals surface area contributed by atoms with Crippen molar-refractivity contribution in [3.8, 4) is 0 Å². The number of hydrogen-bond donors (Lipinski definition) is 1. The number of rotatable bonds is 1. The smallest absolute Gasteiger partial charge is 0.310 e. The molecule has 4 nitrogen and oxygen atoms in total.